The minimum Gasteiger partial charge on any atom is -0.457 e. The Bertz CT molecular complexity index is 3060. The fraction of sp³-hybridized carbons (Fsp3) is 0.161. The lowest BCUT2D eigenvalue weighted by molar-refractivity contribution is 0.483. The van der Waals surface area contributed by atoms with Gasteiger partial charge in [0.25, 0.3) is 0 Å². The minimum atomic E-state index is -0.0293. The zero-order chi connectivity index (χ0) is 41.9. The van der Waals surface area contributed by atoms with Gasteiger partial charge in [-0.2, -0.15) is 0 Å². The van der Waals surface area contributed by atoms with Crippen molar-refractivity contribution in [1.82, 2.24) is 9.55 Å². The van der Waals surface area contributed by atoms with Crippen LogP contribution in [0, 0.1) is 0 Å². The molecule has 0 aliphatic carbocycles. The summed E-state index contributed by atoms with van der Waals surface area (Å²) in [6.45, 7) is 14.2. The molecule has 0 unspecified atom stereocenters. The molecule has 9 aromatic rings. The molecular formula is C56H50N4O. The molecule has 0 amide bonds. The van der Waals surface area contributed by atoms with Crippen LogP contribution in [0.4, 0.5) is 22.7 Å². The Balaban J connectivity index is 1.05. The summed E-state index contributed by atoms with van der Waals surface area (Å²) in [6, 6.07) is 62.9. The van der Waals surface area contributed by atoms with Crippen LogP contribution in [-0.4, -0.2) is 16.2 Å². The third kappa shape index (κ3) is 7.00. The quantitative estimate of drug-likeness (QED) is 0.161. The fourth-order valence-corrected chi connectivity index (χ4v) is 8.80. The molecule has 7 aromatic carbocycles. The average Bonchev–Trinajstić information content (AvgIpc) is 3.82. The molecular weight excluding hydrogens is 745 g/mol. The minimum absolute atomic E-state index is 0.00308. The highest BCUT2D eigenvalue weighted by Crippen LogP contribution is 2.48. The molecule has 0 fully saturated rings. The van der Waals surface area contributed by atoms with Gasteiger partial charge in [0.2, 0.25) is 0 Å². The van der Waals surface area contributed by atoms with E-state index in [1.54, 1.807) is 0 Å². The van der Waals surface area contributed by atoms with Gasteiger partial charge in [0.05, 0.1) is 28.1 Å². The van der Waals surface area contributed by atoms with Crippen LogP contribution in [0.25, 0.3) is 49.9 Å². The van der Waals surface area contributed by atoms with Gasteiger partial charge in [-0.3, -0.25) is 4.57 Å². The van der Waals surface area contributed by atoms with Crippen molar-refractivity contribution >= 4 is 44.6 Å². The highest BCUT2D eigenvalue weighted by Gasteiger charge is 2.31. The van der Waals surface area contributed by atoms with Crippen LogP contribution in [0.3, 0.4) is 0 Å². The van der Waals surface area contributed by atoms with Crippen molar-refractivity contribution in [3.05, 3.63) is 193 Å². The third-order valence-corrected chi connectivity index (χ3v) is 12.0. The highest BCUT2D eigenvalue weighted by atomic mass is 16.5. The molecule has 0 spiro atoms. The number of para-hydroxylation sites is 2. The molecule has 61 heavy (non-hydrogen) atoms. The normalized spacial score (nSPS) is 13.0. The van der Waals surface area contributed by atoms with Gasteiger partial charge in [0.15, 0.2) is 0 Å². The Morgan fingerprint density at radius 2 is 1.11 bits per heavy atom. The van der Waals surface area contributed by atoms with Gasteiger partial charge in [0.1, 0.15) is 24.0 Å². The van der Waals surface area contributed by atoms with E-state index in [4.69, 9.17) is 9.72 Å². The van der Waals surface area contributed by atoms with E-state index in [0.717, 1.165) is 45.1 Å². The van der Waals surface area contributed by atoms with Gasteiger partial charge in [0, 0.05) is 40.4 Å². The molecule has 0 radical (unpaired) electrons. The molecule has 5 heteroatoms. The Morgan fingerprint density at radius 1 is 0.475 bits per heavy atom. The maximum absolute atomic E-state index is 6.82. The Kier molecular flexibility index (Phi) is 9.29. The van der Waals surface area contributed by atoms with Crippen molar-refractivity contribution in [2.24, 2.45) is 0 Å². The average molecular weight is 795 g/mol. The molecule has 300 valence electrons. The van der Waals surface area contributed by atoms with Gasteiger partial charge in [-0.1, -0.05) is 145 Å². The van der Waals surface area contributed by atoms with Crippen molar-refractivity contribution in [3.63, 3.8) is 0 Å². The molecule has 5 nitrogen and oxygen atoms in total. The SMILES string of the molecule is CC(C)(C)c1ccnc(-n2c3cc(Oc4cccc(N5CN(c6cc(C(C)(C)C)ccc6-c6ccccc6)c6ccccc65)c4)ccc3c3c(-c4ccccc4)cccc32)c1. The first-order valence-corrected chi connectivity index (χ1v) is 21.2. The summed E-state index contributed by atoms with van der Waals surface area (Å²) >= 11 is 0. The molecule has 0 bridgehead atoms. The summed E-state index contributed by atoms with van der Waals surface area (Å²) in [4.78, 5) is 9.81. The summed E-state index contributed by atoms with van der Waals surface area (Å²) in [6.07, 6.45) is 1.93. The lowest BCUT2D eigenvalue weighted by Crippen LogP contribution is -2.25. The number of hydrogen-bond donors (Lipinski definition) is 0. The standard InChI is InChI=1S/C56H50N4O/c1-55(2,3)40-27-29-45(38-17-9-7-10-18-38)51(33-40)59-37-58(48-24-13-14-25-49(48)59)42-21-15-22-43(35-42)61-44-28-30-47-52(36-44)60(53-34-41(31-32-57-53)56(4,5)6)50-26-16-23-46(54(47)50)39-19-11-8-12-20-39/h7-36H,37H2,1-6H3. The first-order chi connectivity index (χ1) is 29.5. The number of nitrogens with zero attached hydrogens (tertiary/aromatic N) is 4. The van der Waals surface area contributed by atoms with Crippen LogP contribution >= 0.6 is 0 Å². The van der Waals surface area contributed by atoms with E-state index in [-0.39, 0.29) is 10.8 Å². The Hall–Kier alpha value is -7.11. The summed E-state index contributed by atoms with van der Waals surface area (Å²) < 4.78 is 9.12. The van der Waals surface area contributed by atoms with Crippen molar-refractivity contribution in [2.75, 3.05) is 16.5 Å². The van der Waals surface area contributed by atoms with Gasteiger partial charge < -0.3 is 14.5 Å². The van der Waals surface area contributed by atoms with Crippen LogP contribution in [0.5, 0.6) is 11.5 Å². The molecule has 0 saturated heterocycles. The highest BCUT2D eigenvalue weighted by molar-refractivity contribution is 6.16. The number of benzene rings is 7. The summed E-state index contributed by atoms with van der Waals surface area (Å²) in [5, 5.41) is 2.35. The molecule has 1 aliphatic rings. The first-order valence-electron chi connectivity index (χ1n) is 21.2. The second-order valence-electron chi connectivity index (χ2n) is 18.2. The zero-order valence-electron chi connectivity index (χ0n) is 35.7. The van der Waals surface area contributed by atoms with E-state index < -0.39 is 0 Å². The number of rotatable bonds is 7. The summed E-state index contributed by atoms with van der Waals surface area (Å²) in [5.41, 5.74) is 14.0. The molecule has 10 rings (SSSR count). The van der Waals surface area contributed by atoms with Crippen molar-refractivity contribution in [3.8, 4) is 39.6 Å². The zero-order valence-corrected chi connectivity index (χ0v) is 35.7. The van der Waals surface area contributed by atoms with Crippen LogP contribution in [0.1, 0.15) is 52.7 Å². The lowest BCUT2D eigenvalue weighted by Gasteiger charge is -2.27. The number of ether oxygens (including phenoxy) is 1. The van der Waals surface area contributed by atoms with E-state index in [2.05, 4.69) is 226 Å². The predicted octanol–water partition coefficient (Wildman–Crippen LogP) is 15.1. The monoisotopic (exact) mass is 794 g/mol. The van der Waals surface area contributed by atoms with E-state index in [0.29, 0.717) is 6.67 Å². The van der Waals surface area contributed by atoms with E-state index in [1.165, 1.54) is 50.1 Å². The number of anilines is 4. The molecule has 1 aliphatic heterocycles. The van der Waals surface area contributed by atoms with E-state index in [9.17, 15) is 0 Å². The second-order valence-corrected chi connectivity index (χ2v) is 18.2. The van der Waals surface area contributed by atoms with E-state index in [1.807, 2.05) is 12.3 Å². The molecule has 2 aromatic heterocycles. The number of pyridine rings is 1. The van der Waals surface area contributed by atoms with Crippen LogP contribution in [0.15, 0.2) is 182 Å². The number of aromatic nitrogens is 2. The van der Waals surface area contributed by atoms with Crippen molar-refractivity contribution in [2.45, 2.75) is 52.4 Å². The third-order valence-electron chi connectivity index (χ3n) is 12.0. The maximum Gasteiger partial charge on any atom is 0.137 e. The van der Waals surface area contributed by atoms with Gasteiger partial charge in [-0.15, -0.1) is 0 Å². The molecule has 0 N–H and O–H groups in total. The first kappa shape index (κ1) is 38.1. The second kappa shape index (κ2) is 14.9. The maximum atomic E-state index is 6.82. The topological polar surface area (TPSA) is 33.5 Å². The Morgan fingerprint density at radius 3 is 1.84 bits per heavy atom. The molecule has 0 saturated carbocycles. The number of hydrogen-bond acceptors (Lipinski definition) is 4. The molecule has 3 heterocycles. The van der Waals surface area contributed by atoms with E-state index >= 15 is 0 Å². The predicted molar refractivity (Wildman–Crippen MR) is 255 cm³/mol. The van der Waals surface area contributed by atoms with Crippen molar-refractivity contribution in [1.29, 1.82) is 0 Å². The lowest BCUT2D eigenvalue weighted by atomic mass is 9.85. The summed E-state index contributed by atoms with van der Waals surface area (Å²) in [5.74, 6) is 2.42. The molecule has 0 atom stereocenters. The fourth-order valence-electron chi connectivity index (χ4n) is 8.80. The van der Waals surface area contributed by atoms with Gasteiger partial charge in [-0.05, 0) is 99.3 Å². The smallest absolute Gasteiger partial charge is 0.137 e. The largest absolute Gasteiger partial charge is 0.457 e. The van der Waals surface area contributed by atoms with Crippen LogP contribution in [0.2, 0.25) is 0 Å². The van der Waals surface area contributed by atoms with Crippen LogP contribution in [-0.2, 0) is 10.8 Å². The van der Waals surface area contributed by atoms with Gasteiger partial charge >= 0.3 is 0 Å². The summed E-state index contributed by atoms with van der Waals surface area (Å²) in [7, 11) is 0. The van der Waals surface area contributed by atoms with Crippen molar-refractivity contribution < 1.29 is 4.74 Å². The Labute approximate surface area is 359 Å². The number of fused-ring (bicyclic) bond motifs is 4. The van der Waals surface area contributed by atoms with Gasteiger partial charge in [-0.25, -0.2) is 4.98 Å². The van der Waals surface area contributed by atoms with Crippen LogP contribution < -0.4 is 14.5 Å².